The fourth-order valence-electron chi connectivity index (χ4n) is 1.86. The molecule has 1 saturated heterocycles. The van der Waals surface area contributed by atoms with E-state index in [-0.39, 0.29) is 11.8 Å². The Kier molecular flexibility index (Phi) is 3.37. The molecule has 1 fully saturated rings. The van der Waals surface area contributed by atoms with Gasteiger partial charge >= 0.3 is 0 Å². The minimum absolute atomic E-state index is 0.0960. The normalized spacial score (nSPS) is 15.5. The van der Waals surface area contributed by atoms with Crippen LogP contribution in [0.2, 0.25) is 0 Å². The monoisotopic (exact) mass is 233 g/mol. The highest BCUT2D eigenvalue weighted by molar-refractivity contribution is 6.01. The van der Waals surface area contributed by atoms with Gasteiger partial charge in [0.1, 0.15) is 5.82 Å². The minimum Gasteiger partial charge on any atom is -0.370 e. The number of aromatic nitrogens is 1. The largest absolute Gasteiger partial charge is 0.370 e. The Labute approximate surface area is 99.8 Å². The number of imide groups is 1. The lowest BCUT2D eigenvalue weighted by Gasteiger charge is -2.16. The van der Waals surface area contributed by atoms with Crippen molar-refractivity contribution in [1.29, 1.82) is 0 Å². The second kappa shape index (κ2) is 4.95. The van der Waals surface area contributed by atoms with Crippen LogP contribution in [0.5, 0.6) is 0 Å². The summed E-state index contributed by atoms with van der Waals surface area (Å²) in [6, 6.07) is 3.69. The number of nitrogens with one attached hydrogen (secondary N) is 1. The van der Waals surface area contributed by atoms with E-state index >= 15 is 0 Å². The number of pyridine rings is 1. The molecule has 1 aliphatic rings. The quantitative estimate of drug-likeness (QED) is 0.793. The van der Waals surface area contributed by atoms with Crippen LogP contribution >= 0.6 is 0 Å². The van der Waals surface area contributed by atoms with Crippen LogP contribution < -0.4 is 5.32 Å². The molecule has 1 N–H and O–H groups in total. The van der Waals surface area contributed by atoms with Crippen molar-refractivity contribution in [2.75, 3.05) is 11.9 Å². The van der Waals surface area contributed by atoms with Crippen LogP contribution in [0, 0.1) is 0 Å². The van der Waals surface area contributed by atoms with E-state index < -0.39 is 0 Å². The predicted molar refractivity (Wildman–Crippen MR) is 63.2 cm³/mol. The first kappa shape index (κ1) is 11.6. The highest BCUT2D eigenvalue weighted by Gasteiger charge is 2.29. The summed E-state index contributed by atoms with van der Waals surface area (Å²) in [6.45, 7) is 3.05. The Hall–Kier alpha value is -1.91. The third-order valence-electron chi connectivity index (χ3n) is 2.72. The molecule has 17 heavy (non-hydrogen) atoms. The van der Waals surface area contributed by atoms with Crippen molar-refractivity contribution in [3.63, 3.8) is 0 Å². The molecule has 0 spiro atoms. The molecule has 5 nitrogen and oxygen atoms in total. The Morgan fingerprint density at radius 2 is 2.06 bits per heavy atom. The summed E-state index contributed by atoms with van der Waals surface area (Å²) in [5.41, 5.74) is 0.873. The molecular weight excluding hydrogens is 218 g/mol. The maximum Gasteiger partial charge on any atom is 0.230 e. The number of anilines is 1. The number of carbonyl (C=O) groups excluding carboxylic acids is 2. The number of amides is 2. The number of nitrogens with zero attached hydrogens (tertiary/aromatic N) is 2. The van der Waals surface area contributed by atoms with E-state index in [1.807, 2.05) is 13.0 Å². The summed E-state index contributed by atoms with van der Waals surface area (Å²) in [7, 11) is 0. The van der Waals surface area contributed by atoms with Gasteiger partial charge in [0.15, 0.2) is 0 Å². The van der Waals surface area contributed by atoms with Gasteiger partial charge in [-0.2, -0.15) is 0 Å². The molecule has 2 rings (SSSR count). The first-order chi connectivity index (χ1) is 8.22. The number of carbonyl (C=O) groups is 2. The van der Waals surface area contributed by atoms with Crippen LogP contribution in [0.1, 0.15) is 25.3 Å². The second-order valence-electron chi connectivity index (χ2n) is 3.92. The van der Waals surface area contributed by atoms with Crippen molar-refractivity contribution in [3.8, 4) is 0 Å². The van der Waals surface area contributed by atoms with Crippen molar-refractivity contribution in [2.45, 2.75) is 26.3 Å². The van der Waals surface area contributed by atoms with Crippen LogP contribution in [0.15, 0.2) is 18.3 Å². The second-order valence-corrected chi connectivity index (χ2v) is 3.92. The van der Waals surface area contributed by atoms with Gasteiger partial charge in [0.05, 0.1) is 6.54 Å². The molecule has 90 valence electrons. The molecule has 1 aromatic heterocycles. The summed E-state index contributed by atoms with van der Waals surface area (Å²) in [5, 5.41) is 3.12. The standard InChI is InChI=1S/C12H15N3O2/c1-2-13-12-9(4-3-7-14-12)8-15-10(16)5-6-11(15)17/h3-4,7H,2,5-6,8H2,1H3,(H,13,14). The van der Waals surface area contributed by atoms with E-state index in [2.05, 4.69) is 10.3 Å². The first-order valence-electron chi connectivity index (χ1n) is 5.73. The minimum atomic E-state index is -0.0960. The van der Waals surface area contributed by atoms with E-state index in [4.69, 9.17) is 0 Å². The summed E-state index contributed by atoms with van der Waals surface area (Å²) >= 11 is 0. The highest BCUT2D eigenvalue weighted by atomic mass is 16.2. The van der Waals surface area contributed by atoms with Crippen molar-refractivity contribution in [1.82, 2.24) is 9.88 Å². The average molecular weight is 233 g/mol. The zero-order valence-corrected chi connectivity index (χ0v) is 9.77. The fraction of sp³-hybridized carbons (Fsp3) is 0.417. The zero-order valence-electron chi connectivity index (χ0n) is 9.77. The third kappa shape index (κ3) is 2.43. The van der Waals surface area contributed by atoms with E-state index in [0.717, 1.165) is 17.9 Å². The number of hydrogen-bond acceptors (Lipinski definition) is 4. The Bertz CT molecular complexity index is 429. The van der Waals surface area contributed by atoms with Gasteiger partial charge < -0.3 is 5.32 Å². The maximum atomic E-state index is 11.5. The summed E-state index contributed by atoms with van der Waals surface area (Å²) < 4.78 is 0. The lowest BCUT2D eigenvalue weighted by molar-refractivity contribution is -0.139. The maximum absolute atomic E-state index is 11.5. The molecule has 0 aliphatic carbocycles. The zero-order chi connectivity index (χ0) is 12.3. The molecule has 0 saturated carbocycles. The Morgan fingerprint density at radius 3 is 2.71 bits per heavy atom. The molecular formula is C12H15N3O2. The van der Waals surface area contributed by atoms with Crippen LogP contribution in [0.3, 0.4) is 0 Å². The van der Waals surface area contributed by atoms with Crippen LogP contribution in [0.4, 0.5) is 5.82 Å². The predicted octanol–water partition coefficient (Wildman–Crippen LogP) is 1.16. The van der Waals surface area contributed by atoms with E-state index in [0.29, 0.717) is 19.4 Å². The van der Waals surface area contributed by atoms with Gasteiger partial charge in [0.2, 0.25) is 11.8 Å². The smallest absolute Gasteiger partial charge is 0.230 e. The Balaban J connectivity index is 2.17. The average Bonchev–Trinajstić information content (AvgIpc) is 2.64. The SMILES string of the molecule is CCNc1ncccc1CN1C(=O)CCC1=O. The van der Waals surface area contributed by atoms with Gasteiger partial charge in [-0.15, -0.1) is 0 Å². The molecule has 0 unspecified atom stereocenters. The lowest BCUT2D eigenvalue weighted by atomic mass is 10.2. The topological polar surface area (TPSA) is 62.3 Å². The molecule has 0 bridgehead atoms. The summed E-state index contributed by atoms with van der Waals surface area (Å²) in [4.78, 5) is 28.5. The van der Waals surface area contributed by atoms with Crippen LogP contribution in [-0.2, 0) is 16.1 Å². The highest BCUT2D eigenvalue weighted by Crippen LogP contribution is 2.19. The number of likely N-dealkylation sites (tertiary alicyclic amines) is 1. The number of rotatable bonds is 4. The summed E-state index contributed by atoms with van der Waals surface area (Å²) in [5.74, 6) is 0.546. The summed E-state index contributed by atoms with van der Waals surface area (Å²) in [6.07, 6.45) is 2.35. The van der Waals surface area contributed by atoms with Crippen molar-refractivity contribution in [3.05, 3.63) is 23.9 Å². The molecule has 0 radical (unpaired) electrons. The van der Waals surface area contributed by atoms with E-state index in [9.17, 15) is 9.59 Å². The lowest BCUT2D eigenvalue weighted by Crippen LogP contribution is -2.28. The molecule has 1 aliphatic heterocycles. The van der Waals surface area contributed by atoms with Crippen LogP contribution in [-0.4, -0.2) is 28.2 Å². The van der Waals surface area contributed by atoms with Gasteiger partial charge in [0, 0.05) is 31.1 Å². The van der Waals surface area contributed by atoms with Crippen molar-refractivity contribution < 1.29 is 9.59 Å². The van der Waals surface area contributed by atoms with Gasteiger partial charge in [-0.25, -0.2) is 4.98 Å². The molecule has 2 heterocycles. The molecule has 5 heteroatoms. The van der Waals surface area contributed by atoms with E-state index in [1.165, 1.54) is 4.90 Å². The van der Waals surface area contributed by atoms with Gasteiger partial charge in [0.25, 0.3) is 0 Å². The van der Waals surface area contributed by atoms with Gasteiger partial charge in [-0.05, 0) is 13.0 Å². The molecule has 0 atom stereocenters. The van der Waals surface area contributed by atoms with Crippen molar-refractivity contribution in [2.24, 2.45) is 0 Å². The van der Waals surface area contributed by atoms with E-state index in [1.54, 1.807) is 12.3 Å². The third-order valence-corrected chi connectivity index (χ3v) is 2.72. The molecule has 1 aromatic rings. The fourth-order valence-corrected chi connectivity index (χ4v) is 1.86. The van der Waals surface area contributed by atoms with Crippen LogP contribution in [0.25, 0.3) is 0 Å². The Morgan fingerprint density at radius 1 is 1.35 bits per heavy atom. The molecule has 0 aromatic carbocycles. The van der Waals surface area contributed by atoms with Gasteiger partial charge in [-0.3, -0.25) is 14.5 Å². The van der Waals surface area contributed by atoms with Gasteiger partial charge in [-0.1, -0.05) is 6.07 Å². The number of hydrogen-bond donors (Lipinski definition) is 1. The molecule has 2 amide bonds. The van der Waals surface area contributed by atoms with Crippen molar-refractivity contribution >= 4 is 17.6 Å². The first-order valence-corrected chi connectivity index (χ1v) is 5.73.